The van der Waals surface area contributed by atoms with Crippen molar-refractivity contribution in [1.29, 1.82) is 0 Å². The minimum absolute atomic E-state index is 0. The van der Waals surface area contributed by atoms with E-state index in [4.69, 9.17) is 74.7 Å². The fourth-order valence-electron chi connectivity index (χ4n) is 15.1. The number of carboxylic acid groups (broad SMARTS) is 1. The molecule has 0 radical (unpaired) electrons. The minimum atomic E-state index is -5.89. The van der Waals surface area contributed by atoms with Crippen molar-refractivity contribution in [2.75, 3.05) is 46.8 Å². The molecule has 4 bridgehead atoms. The number of esters is 4. The molecule has 724 valence electrons. The molecule has 3 atom stereocenters. The molecule has 4 aliphatic rings. The Labute approximate surface area is 798 Å². The van der Waals surface area contributed by atoms with Gasteiger partial charge in [0.2, 0.25) is 0 Å². The van der Waals surface area contributed by atoms with Crippen LogP contribution in [-0.2, 0) is 108 Å². The molecule has 1 N–H and O–H groups in total. The van der Waals surface area contributed by atoms with Crippen LogP contribution in [0.15, 0.2) is 0 Å². The van der Waals surface area contributed by atoms with Gasteiger partial charge in [0.15, 0.2) is 26.7 Å². The number of rotatable bonds is 51. The zero-order valence-corrected chi connectivity index (χ0v) is 99.3. The van der Waals surface area contributed by atoms with Crippen molar-refractivity contribution >= 4 is 139 Å². The van der Waals surface area contributed by atoms with Gasteiger partial charge >= 0.3 is 164 Å². The quantitative estimate of drug-likeness (QED) is 0.0256. The molecular weight excluding hydrogens is 1820 g/mol. The Hall–Kier alpha value is 0.102. The number of carbonyl (C=O) groups excluding carboxylic acids is 5. The molecule has 0 spiro atoms. The first-order chi connectivity index (χ1) is 54.7. The van der Waals surface area contributed by atoms with E-state index in [1.807, 2.05) is 69.2 Å². The third-order valence-corrected chi connectivity index (χ3v) is 63.7. The van der Waals surface area contributed by atoms with Gasteiger partial charge in [-0.05, 0) is 307 Å². The molecule has 42 heteroatoms. The van der Waals surface area contributed by atoms with Crippen molar-refractivity contribution in [3.05, 3.63) is 4.72 Å². The SMILES string of the molecule is CCC(C)(C)C(=O)O.CCC(C)(C)C(=O)OC12CC3CC(C1)CC(C(=O)[N-]S(=O)(=O)C(F)(F)F)(C3)C2.CCC(C)(C)C(=O)OCCC[Si](C)(C)O[Si](C)(C)O[Si](C)(C)O[Si](C)(C)O[Si](C)(C)O[Si](C)(C)O[Si](C)(C)O[Si](C)(C)O[Si](C)(C)O[Si](C)(C)O[Si](C)(C)C.CCC(C)(C)C(=O)OCCOCCOC.CCCCCCCCCOC(=O)C(C)CC.[K+]. The number of aliphatic carboxylic acids is 1. The van der Waals surface area contributed by atoms with Gasteiger partial charge < -0.3 is 84.2 Å². The maximum absolute atomic E-state index is 12.7. The van der Waals surface area contributed by atoms with Gasteiger partial charge in [-0.3, -0.25) is 24.0 Å². The Morgan fingerprint density at radius 1 is 0.439 bits per heavy atom. The summed E-state index contributed by atoms with van der Waals surface area (Å²) in [6.45, 7) is 79.6. The van der Waals surface area contributed by atoms with Gasteiger partial charge in [0, 0.05) is 12.5 Å². The van der Waals surface area contributed by atoms with Gasteiger partial charge in [-0.1, -0.05) is 87.0 Å². The average Bonchev–Trinajstić information content (AvgIpc) is 0.711. The maximum atomic E-state index is 12.7. The summed E-state index contributed by atoms with van der Waals surface area (Å²) in [7, 11) is -31.9. The smallest absolute Gasteiger partial charge is 0.538 e. The fraction of sp³-hybridized carbons (Fsp3) is 0.926. The molecule has 4 saturated carbocycles. The number of alkyl halides is 3. The summed E-state index contributed by atoms with van der Waals surface area (Å²) < 4.78 is 162. The van der Waals surface area contributed by atoms with Crippen LogP contribution in [0.5, 0.6) is 0 Å². The van der Waals surface area contributed by atoms with E-state index in [0.29, 0.717) is 65.3 Å². The molecule has 26 nitrogen and oxygen atoms in total. The van der Waals surface area contributed by atoms with E-state index in [1.165, 1.54) is 38.5 Å². The van der Waals surface area contributed by atoms with Crippen molar-refractivity contribution in [3.8, 4) is 0 Å². The zero-order valence-electron chi connectivity index (χ0n) is 84.4. The summed E-state index contributed by atoms with van der Waals surface area (Å²) in [5.41, 5.74) is -9.96. The van der Waals surface area contributed by atoms with Gasteiger partial charge in [-0.2, -0.15) is 13.2 Å². The van der Waals surface area contributed by atoms with Crippen LogP contribution >= 0.6 is 0 Å². The van der Waals surface area contributed by atoms with Crippen LogP contribution in [0.1, 0.15) is 226 Å². The van der Waals surface area contributed by atoms with E-state index >= 15 is 0 Å². The molecule has 4 rings (SSSR count). The normalized spacial score (nSPS) is 18.6. The molecule has 4 fully saturated rings. The Bertz CT molecular complexity index is 3300. The second-order valence-corrected chi connectivity index (χ2v) is 84.7. The van der Waals surface area contributed by atoms with E-state index in [1.54, 1.807) is 34.8 Å². The monoisotopic (exact) mass is 2000 g/mol. The van der Waals surface area contributed by atoms with E-state index in [2.05, 4.69) is 162 Å². The van der Waals surface area contributed by atoms with E-state index in [-0.39, 0.29) is 106 Å². The Kier molecular flexibility index (Phi) is 54.7. The summed E-state index contributed by atoms with van der Waals surface area (Å²) >= 11 is 0. The molecule has 0 aliphatic heterocycles. The summed E-state index contributed by atoms with van der Waals surface area (Å²) in [5.74, 6) is -2.65. The second-order valence-electron chi connectivity index (χ2n) is 41.5. The molecule has 1 amide bonds. The topological polar surface area (TPSA) is 319 Å². The Morgan fingerprint density at radius 2 is 0.772 bits per heavy atom. The number of hydrogen-bond acceptors (Lipinski definition) is 24. The van der Waals surface area contributed by atoms with Crippen molar-refractivity contribution in [1.82, 2.24) is 0 Å². The van der Waals surface area contributed by atoms with Crippen molar-refractivity contribution < 1.29 is 176 Å². The Morgan fingerprint density at radius 3 is 1.11 bits per heavy atom. The predicted octanol–water partition coefficient (Wildman–Crippen LogP) is 19.4. The molecule has 0 aromatic heterocycles. The molecule has 0 saturated heterocycles. The van der Waals surface area contributed by atoms with Crippen LogP contribution in [0.3, 0.4) is 0 Å². The summed E-state index contributed by atoms with van der Waals surface area (Å²) in [4.78, 5) is 70.7. The third kappa shape index (κ3) is 52.5. The van der Waals surface area contributed by atoms with Crippen LogP contribution in [0.2, 0.25) is 157 Å². The van der Waals surface area contributed by atoms with E-state index in [9.17, 15) is 50.4 Å². The number of carboxylic acids is 1. The first-order valence-corrected chi connectivity index (χ1v) is 77.6. The second kappa shape index (κ2) is 52.8. The van der Waals surface area contributed by atoms with Gasteiger partial charge in [-0.15, -0.1) is 0 Å². The Balaban J connectivity index is -0.00000173. The van der Waals surface area contributed by atoms with Crippen molar-refractivity contribution in [2.45, 2.75) is 394 Å². The van der Waals surface area contributed by atoms with E-state index in [0.717, 1.165) is 44.6 Å². The number of sulfonamides is 1. The predicted molar refractivity (Wildman–Crippen MR) is 505 cm³/mol. The molecule has 0 heterocycles. The standard InChI is InChI=1S/C32H86O12Si11.C18H26F3NO5S.C14H28O2.C11H22O4.C6H12O2.K/c1-27-32(2,3)31(33)34-29-28-30-46(7,8)36-48(11,12)38-50(15,16)40-52(19,20)42-54(23,24)44-55(25,26)43-53(21,22)41-51(17,18)39-49(13,14)37-47(9,10)35-45(4,5)6;1-4-15(2,3)14(24)27-17-8-11-5-12(9-17)7-16(6-11,10-17)13(23)22-28(25,26)18(19,20)21;1-4-6-7-8-9-10-11-12-16-14(15)13(3)5-2;1-5-11(2,3)10(12)15-9-8-14-7-6-13-4;1-4-6(2,3)5(7)8;/h27-30H2,1-26H3;11-12H,4-10H2,1-3H3,(H,22,23);13H,4-12H2,1-3H3;5-9H2,1-4H3;4H2,1-3H3,(H,7,8);/q;;;;;+1/p-1. The first-order valence-electron chi connectivity index (χ1n) is 44.3. The summed E-state index contributed by atoms with van der Waals surface area (Å²) in [6, 6.07) is 0.872. The number of halogens is 3. The number of amides is 1. The number of carbonyl (C=O) groups is 6. The van der Waals surface area contributed by atoms with Crippen LogP contribution < -0.4 is 51.4 Å². The summed E-state index contributed by atoms with van der Waals surface area (Å²) in [6.07, 6.45) is 15.7. The van der Waals surface area contributed by atoms with Gasteiger partial charge in [-0.25, -0.2) is 8.42 Å². The number of nitrogens with zero attached hydrogens (tertiary/aromatic N) is 1. The molecule has 4 aliphatic carbocycles. The number of unbranched alkanes of at least 4 members (excludes halogenated alkanes) is 6. The molecule has 123 heavy (non-hydrogen) atoms. The molecule has 0 aromatic rings. The van der Waals surface area contributed by atoms with Crippen molar-refractivity contribution in [3.63, 3.8) is 0 Å². The third-order valence-electron chi connectivity index (χ3n) is 21.1. The molecule has 3 unspecified atom stereocenters. The molecular formula is C81H173F3KNO25SSi11. The average molecular weight is 2000 g/mol. The van der Waals surface area contributed by atoms with Crippen LogP contribution in [-0.4, -0.2) is 201 Å². The van der Waals surface area contributed by atoms with Gasteiger partial charge in [0.1, 0.15) is 12.2 Å². The largest absolute Gasteiger partial charge is 1.00 e. The van der Waals surface area contributed by atoms with Crippen molar-refractivity contribution in [2.24, 2.45) is 44.8 Å². The maximum Gasteiger partial charge on any atom is 1.00 e. The van der Waals surface area contributed by atoms with Crippen LogP contribution in [0.4, 0.5) is 13.2 Å². The van der Waals surface area contributed by atoms with Gasteiger partial charge in [0.25, 0.3) is 0 Å². The van der Waals surface area contributed by atoms with E-state index < -0.39 is 160 Å². The number of hydrogen-bond donors (Lipinski definition) is 1. The number of ether oxygens (including phenoxy) is 6. The first kappa shape index (κ1) is 127. The minimum Gasteiger partial charge on any atom is -0.538 e. The summed E-state index contributed by atoms with van der Waals surface area (Å²) in [5, 5.41) is 8.44. The number of methoxy groups -OCH3 is 1. The fourth-order valence-corrected chi connectivity index (χ4v) is 71.0. The zero-order chi connectivity index (χ0) is 96.1. The van der Waals surface area contributed by atoms with Crippen LogP contribution in [0, 0.1) is 44.8 Å². The van der Waals surface area contributed by atoms with Crippen LogP contribution in [0.25, 0.3) is 4.72 Å². The molecule has 0 aromatic carbocycles. The van der Waals surface area contributed by atoms with Gasteiger partial charge in [0.05, 0.1) is 66.5 Å².